The van der Waals surface area contributed by atoms with Crippen LogP contribution in [0.2, 0.25) is 0 Å². The van der Waals surface area contributed by atoms with Gasteiger partial charge >= 0.3 is 6.18 Å². The van der Waals surface area contributed by atoms with Crippen molar-refractivity contribution in [2.24, 2.45) is 0 Å². The zero-order chi connectivity index (χ0) is 15.6. The van der Waals surface area contributed by atoms with Crippen molar-refractivity contribution in [1.29, 1.82) is 0 Å². The van der Waals surface area contributed by atoms with Crippen LogP contribution in [-0.4, -0.2) is 38.1 Å². The lowest BCUT2D eigenvalue weighted by atomic mass is 9.98. The molecule has 2 rings (SSSR count). The summed E-state index contributed by atoms with van der Waals surface area (Å²) < 4.78 is 40.2. The van der Waals surface area contributed by atoms with Gasteiger partial charge in [-0.25, -0.2) is 0 Å². The Morgan fingerprint density at radius 2 is 2.05 bits per heavy atom. The third-order valence-corrected chi connectivity index (χ3v) is 3.24. The Bertz CT molecular complexity index is 569. The molecule has 0 atom stereocenters. The van der Waals surface area contributed by atoms with Gasteiger partial charge in [-0.15, -0.1) is 0 Å². The summed E-state index contributed by atoms with van der Waals surface area (Å²) in [6, 6.07) is 4.73. The summed E-state index contributed by atoms with van der Waals surface area (Å²) in [4.78, 5) is 24.8. The van der Waals surface area contributed by atoms with Gasteiger partial charge in [-0.2, -0.15) is 13.2 Å². The summed E-state index contributed by atoms with van der Waals surface area (Å²) >= 11 is 0. The van der Waals surface area contributed by atoms with E-state index in [4.69, 9.17) is 0 Å². The first kappa shape index (κ1) is 15.5. The van der Waals surface area contributed by atoms with Crippen molar-refractivity contribution < 1.29 is 27.5 Å². The minimum atomic E-state index is -4.45. The van der Waals surface area contributed by atoms with Gasteiger partial charge in [0, 0.05) is 24.7 Å². The SMILES string of the molecule is CN1C(=O)CCc2cc(C(=O)COCC(F)(F)F)ccc21. The highest BCUT2D eigenvalue weighted by atomic mass is 19.4. The minimum absolute atomic E-state index is 0.00455. The minimum Gasteiger partial charge on any atom is -0.364 e. The van der Waals surface area contributed by atoms with Crippen molar-refractivity contribution in [3.63, 3.8) is 0 Å². The second kappa shape index (κ2) is 5.85. The molecular formula is C14H14F3NO3. The number of nitrogens with zero attached hydrogens (tertiary/aromatic N) is 1. The highest BCUT2D eigenvalue weighted by Gasteiger charge is 2.28. The quantitative estimate of drug-likeness (QED) is 0.802. The molecule has 0 saturated carbocycles. The lowest BCUT2D eigenvalue weighted by molar-refractivity contribution is -0.170. The summed E-state index contributed by atoms with van der Waals surface area (Å²) in [6.07, 6.45) is -3.58. The van der Waals surface area contributed by atoms with Crippen LogP contribution in [0.1, 0.15) is 22.3 Å². The van der Waals surface area contributed by atoms with E-state index in [1.165, 1.54) is 11.0 Å². The highest BCUT2D eigenvalue weighted by molar-refractivity contribution is 6.00. The molecule has 0 bridgehead atoms. The number of carbonyl (C=O) groups is 2. The number of alkyl halides is 3. The lowest BCUT2D eigenvalue weighted by Crippen LogP contribution is -2.31. The number of ether oxygens (including phenoxy) is 1. The molecule has 114 valence electrons. The van der Waals surface area contributed by atoms with Crippen LogP contribution in [0.25, 0.3) is 0 Å². The van der Waals surface area contributed by atoms with Crippen molar-refractivity contribution in [2.75, 3.05) is 25.2 Å². The van der Waals surface area contributed by atoms with Crippen LogP contribution in [0.4, 0.5) is 18.9 Å². The molecule has 7 heteroatoms. The second-order valence-electron chi connectivity index (χ2n) is 4.83. The molecule has 4 nitrogen and oxygen atoms in total. The fourth-order valence-corrected chi connectivity index (χ4v) is 2.17. The number of amides is 1. The van der Waals surface area contributed by atoms with Crippen LogP contribution >= 0.6 is 0 Å². The maximum Gasteiger partial charge on any atom is 0.411 e. The van der Waals surface area contributed by atoms with Crippen molar-refractivity contribution >= 4 is 17.4 Å². The molecule has 21 heavy (non-hydrogen) atoms. The molecule has 1 aliphatic heterocycles. The van der Waals surface area contributed by atoms with E-state index < -0.39 is 25.2 Å². The van der Waals surface area contributed by atoms with E-state index >= 15 is 0 Å². The standard InChI is InChI=1S/C14H14F3NO3/c1-18-11-4-2-10(6-9(11)3-5-13(18)20)12(19)7-21-8-14(15,16)17/h2,4,6H,3,5,7-8H2,1H3. The summed E-state index contributed by atoms with van der Waals surface area (Å²) in [5, 5.41) is 0. The normalized spacial score (nSPS) is 15.0. The van der Waals surface area contributed by atoms with Crippen LogP contribution in [0.5, 0.6) is 0 Å². The molecule has 1 amide bonds. The molecule has 1 aromatic rings. The largest absolute Gasteiger partial charge is 0.411 e. The smallest absolute Gasteiger partial charge is 0.364 e. The summed E-state index contributed by atoms with van der Waals surface area (Å²) in [7, 11) is 1.65. The predicted octanol–water partition coefficient (Wildman–Crippen LogP) is 2.36. The number of anilines is 1. The first-order valence-corrected chi connectivity index (χ1v) is 6.35. The molecule has 0 unspecified atom stereocenters. The highest BCUT2D eigenvalue weighted by Crippen LogP contribution is 2.27. The number of Topliss-reactive ketones (excluding diaryl/α,β-unsaturated/α-hetero) is 1. The van der Waals surface area contributed by atoms with Gasteiger partial charge in [0.25, 0.3) is 0 Å². The van der Waals surface area contributed by atoms with E-state index in [1.807, 2.05) is 0 Å². The van der Waals surface area contributed by atoms with Gasteiger partial charge in [0.05, 0.1) is 0 Å². The van der Waals surface area contributed by atoms with Crippen LogP contribution in [0.15, 0.2) is 18.2 Å². The number of rotatable bonds is 4. The molecule has 1 aliphatic rings. The van der Waals surface area contributed by atoms with Crippen LogP contribution in [-0.2, 0) is 16.0 Å². The monoisotopic (exact) mass is 301 g/mol. The zero-order valence-corrected chi connectivity index (χ0v) is 11.4. The second-order valence-corrected chi connectivity index (χ2v) is 4.83. The number of benzene rings is 1. The van der Waals surface area contributed by atoms with Gasteiger partial charge < -0.3 is 9.64 Å². The van der Waals surface area contributed by atoms with Crippen molar-refractivity contribution in [3.05, 3.63) is 29.3 Å². The topological polar surface area (TPSA) is 46.6 Å². The van der Waals surface area contributed by atoms with Gasteiger partial charge in [-0.3, -0.25) is 9.59 Å². The fourth-order valence-electron chi connectivity index (χ4n) is 2.17. The Morgan fingerprint density at radius 3 is 2.71 bits per heavy atom. The number of ketones is 1. The van der Waals surface area contributed by atoms with Crippen molar-refractivity contribution in [2.45, 2.75) is 19.0 Å². The lowest BCUT2D eigenvalue weighted by Gasteiger charge is -2.26. The van der Waals surface area contributed by atoms with E-state index in [-0.39, 0.29) is 5.91 Å². The zero-order valence-electron chi connectivity index (χ0n) is 11.4. The first-order chi connectivity index (χ1) is 9.78. The molecule has 1 aromatic carbocycles. The first-order valence-electron chi connectivity index (χ1n) is 6.35. The number of fused-ring (bicyclic) bond motifs is 1. The van der Waals surface area contributed by atoms with Gasteiger partial charge in [-0.05, 0) is 30.2 Å². The molecule has 0 N–H and O–H groups in total. The Hall–Kier alpha value is -1.89. The van der Waals surface area contributed by atoms with E-state index in [1.54, 1.807) is 19.2 Å². The molecular weight excluding hydrogens is 287 g/mol. The molecule has 0 fully saturated rings. The summed E-state index contributed by atoms with van der Waals surface area (Å²) in [5.41, 5.74) is 1.84. The molecule has 1 heterocycles. The van der Waals surface area contributed by atoms with Crippen LogP contribution < -0.4 is 4.90 Å². The molecule has 0 aromatic heterocycles. The third-order valence-electron chi connectivity index (χ3n) is 3.24. The van der Waals surface area contributed by atoms with Gasteiger partial charge in [-0.1, -0.05) is 0 Å². The van der Waals surface area contributed by atoms with E-state index in [0.29, 0.717) is 18.4 Å². The average molecular weight is 301 g/mol. The van der Waals surface area contributed by atoms with Crippen LogP contribution in [0, 0.1) is 0 Å². The Morgan fingerprint density at radius 1 is 1.33 bits per heavy atom. The maximum atomic E-state index is 11.9. The van der Waals surface area contributed by atoms with Gasteiger partial charge in [0.1, 0.15) is 13.2 Å². The van der Waals surface area contributed by atoms with Gasteiger partial charge in [0.15, 0.2) is 5.78 Å². The number of halogens is 3. The molecule has 0 saturated heterocycles. The molecule has 0 aliphatic carbocycles. The van der Waals surface area contributed by atoms with E-state index in [2.05, 4.69) is 4.74 Å². The Labute approximate surface area is 119 Å². The van der Waals surface area contributed by atoms with Gasteiger partial charge in [0.2, 0.25) is 5.91 Å². The number of carbonyl (C=O) groups excluding carboxylic acids is 2. The Kier molecular flexibility index (Phi) is 4.32. The molecule has 0 spiro atoms. The van der Waals surface area contributed by atoms with Crippen LogP contribution in [0.3, 0.4) is 0 Å². The van der Waals surface area contributed by atoms with Crippen molar-refractivity contribution in [3.8, 4) is 0 Å². The predicted molar refractivity (Wildman–Crippen MR) is 69.4 cm³/mol. The summed E-state index contributed by atoms with van der Waals surface area (Å²) in [5.74, 6) is -0.517. The Balaban J connectivity index is 2.05. The fraction of sp³-hybridized carbons (Fsp3) is 0.429. The van der Waals surface area contributed by atoms with Crippen molar-refractivity contribution in [1.82, 2.24) is 0 Å². The van der Waals surface area contributed by atoms with E-state index in [9.17, 15) is 22.8 Å². The average Bonchev–Trinajstić information content (AvgIpc) is 2.41. The summed E-state index contributed by atoms with van der Waals surface area (Å²) in [6.45, 7) is -2.06. The number of hydrogen-bond donors (Lipinski definition) is 0. The third kappa shape index (κ3) is 3.81. The number of aryl methyl sites for hydroxylation is 1. The molecule has 0 radical (unpaired) electrons. The van der Waals surface area contributed by atoms with E-state index in [0.717, 1.165) is 11.3 Å². The maximum absolute atomic E-state index is 11.9. The number of hydrogen-bond acceptors (Lipinski definition) is 3.